The van der Waals surface area contributed by atoms with Gasteiger partial charge in [0.05, 0.1) is 16.6 Å². The lowest BCUT2D eigenvalue weighted by atomic mass is 9.97. The van der Waals surface area contributed by atoms with Crippen molar-refractivity contribution < 1.29 is 9.53 Å². The molecule has 0 aliphatic rings. The molecule has 8 heteroatoms. The van der Waals surface area contributed by atoms with Gasteiger partial charge in [0.25, 0.3) is 5.56 Å². The molecule has 0 fully saturated rings. The molecular formula is C19H18N4O4. The predicted molar refractivity (Wildman–Crippen MR) is 101 cm³/mol. The van der Waals surface area contributed by atoms with E-state index in [0.717, 1.165) is 4.57 Å². The zero-order valence-electron chi connectivity index (χ0n) is 15.2. The van der Waals surface area contributed by atoms with Crippen LogP contribution in [0, 0.1) is 6.92 Å². The molecule has 0 spiro atoms. The number of esters is 1. The molecule has 0 saturated heterocycles. The summed E-state index contributed by atoms with van der Waals surface area (Å²) in [6.45, 7) is 5.18. The standard InChI is InChI=1S/C19H18N4O4/c1-5-9-27-18(25)13-11(2)21-16-15(14(13)12-7-6-8-20-10-12)17(24)23(4)19(26)22(16)3/h5-8,10H,1,9H2,2-4H3. The molecule has 3 aromatic rings. The van der Waals surface area contributed by atoms with Crippen LogP contribution in [0.25, 0.3) is 22.2 Å². The number of rotatable bonds is 4. The van der Waals surface area contributed by atoms with E-state index in [1.807, 2.05) is 0 Å². The smallest absolute Gasteiger partial charge is 0.340 e. The maximum atomic E-state index is 12.9. The zero-order chi connectivity index (χ0) is 19.7. The number of nitrogens with zero attached hydrogens (tertiary/aromatic N) is 4. The number of ether oxygens (including phenoxy) is 1. The fourth-order valence-corrected chi connectivity index (χ4v) is 2.96. The number of carbonyl (C=O) groups excluding carboxylic acids is 1. The van der Waals surface area contributed by atoms with Crippen LogP contribution in [0.15, 0.2) is 46.8 Å². The summed E-state index contributed by atoms with van der Waals surface area (Å²) in [5.74, 6) is -0.628. The lowest BCUT2D eigenvalue weighted by molar-refractivity contribution is 0.0549. The molecular weight excluding hydrogens is 348 g/mol. The van der Waals surface area contributed by atoms with E-state index in [1.165, 1.54) is 24.7 Å². The molecule has 0 atom stereocenters. The average Bonchev–Trinajstić information content (AvgIpc) is 2.68. The number of hydrogen-bond donors (Lipinski definition) is 0. The van der Waals surface area contributed by atoms with Gasteiger partial charge in [-0.2, -0.15) is 0 Å². The van der Waals surface area contributed by atoms with E-state index in [9.17, 15) is 14.4 Å². The molecule has 0 bridgehead atoms. The Morgan fingerprint density at radius 3 is 2.67 bits per heavy atom. The van der Waals surface area contributed by atoms with Crippen molar-refractivity contribution in [1.29, 1.82) is 0 Å². The summed E-state index contributed by atoms with van der Waals surface area (Å²) in [6.07, 6.45) is 4.58. The largest absolute Gasteiger partial charge is 0.458 e. The Kier molecular flexibility index (Phi) is 4.72. The second-order valence-electron chi connectivity index (χ2n) is 5.98. The summed E-state index contributed by atoms with van der Waals surface area (Å²) in [7, 11) is 2.91. The molecule has 3 aromatic heterocycles. The van der Waals surface area contributed by atoms with Crippen LogP contribution in [-0.4, -0.2) is 31.7 Å². The molecule has 0 N–H and O–H groups in total. The summed E-state index contributed by atoms with van der Waals surface area (Å²) in [5.41, 5.74) is 0.549. The first-order chi connectivity index (χ1) is 12.9. The molecule has 0 amide bonds. The Morgan fingerprint density at radius 2 is 2.04 bits per heavy atom. The maximum Gasteiger partial charge on any atom is 0.340 e. The Balaban J connectivity index is 2.55. The normalized spacial score (nSPS) is 10.8. The van der Waals surface area contributed by atoms with Crippen LogP contribution >= 0.6 is 0 Å². The predicted octanol–water partition coefficient (Wildman–Crippen LogP) is 1.35. The van der Waals surface area contributed by atoms with Crippen molar-refractivity contribution in [3.8, 4) is 11.1 Å². The van der Waals surface area contributed by atoms with E-state index >= 15 is 0 Å². The van der Waals surface area contributed by atoms with Crippen LogP contribution in [0.5, 0.6) is 0 Å². The van der Waals surface area contributed by atoms with Gasteiger partial charge in [-0.25, -0.2) is 14.6 Å². The van der Waals surface area contributed by atoms with Gasteiger partial charge in [-0.15, -0.1) is 0 Å². The number of hydrogen-bond acceptors (Lipinski definition) is 6. The second-order valence-corrected chi connectivity index (χ2v) is 5.98. The lowest BCUT2D eigenvalue weighted by Crippen LogP contribution is -2.38. The minimum absolute atomic E-state index is 0.0219. The van der Waals surface area contributed by atoms with Gasteiger partial charge < -0.3 is 4.74 Å². The first kappa shape index (κ1) is 18.2. The third-order valence-corrected chi connectivity index (χ3v) is 4.26. The number of fused-ring (bicyclic) bond motifs is 1. The van der Waals surface area contributed by atoms with Gasteiger partial charge in [-0.1, -0.05) is 18.7 Å². The lowest BCUT2D eigenvalue weighted by Gasteiger charge is -2.16. The SMILES string of the molecule is C=CCOC(=O)c1c(C)nc2c(c1-c1cccnc1)c(=O)n(C)c(=O)n2C. The van der Waals surface area contributed by atoms with Crippen molar-refractivity contribution in [2.45, 2.75) is 6.92 Å². The third-order valence-electron chi connectivity index (χ3n) is 4.26. The summed E-state index contributed by atoms with van der Waals surface area (Å²) >= 11 is 0. The monoisotopic (exact) mass is 366 g/mol. The molecule has 138 valence electrons. The van der Waals surface area contributed by atoms with Crippen LogP contribution in [0.3, 0.4) is 0 Å². The van der Waals surface area contributed by atoms with E-state index in [1.54, 1.807) is 31.5 Å². The fourth-order valence-electron chi connectivity index (χ4n) is 2.96. The summed E-state index contributed by atoms with van der Waals surface area (Å²) in [6, 6.07) is 3.43. The summed E-state index contributed by atoms with van der Waals surface area (Å²) < 4.78 is 7.46. The molecule has 0 aliphatic carbocycles. The van der Waals surface area contributed by atoms with E-state index in [4.69, 9.17) is 4.74 Å². The fraction of sp³-hybridized carbons (Fsp3) is 0.211. The highest BCUT2D eigenvalue weighted by molar-refractivity contribution is 6.06. The minimum Gasteiger partial charge on any atom is -0.458 e. The second kappa shape index (κ2) is 6.99. The van der Waals surface area contributed by atoms with Crippen LogP contribution < -0.4 is 11.2 Å². The van der Waals surface area contributed by atoms with Crippen LogP contribution in [0.4, 0.5) is 0 Å². The zero-order valence-corrected chi connectivity index (χ0v) is 15.2. The van der Waals surface area contributed by atoms with Gasteiger partial charge in [0, 0.05) is 37.6 Å². The highest BCUT2D eigenvalue weighted by Crippen LogP contribution is 2.30. The first-order valence-corrected chi connectivity index (χ1v) is 8.17. The van der Waals surface area contributed by atoms with E-state index in [-0.39, 0.29) is 23.2 Å². The highest BCUT2D eigenvalue weighted by atomic mass is 16.5. The van der Waals surface area contributed by atoms with E-state index in [0.29, 0.717) is 16.8 Å². The van der Waals surface area contributed by atoms with Crippen molar-refractivity contribution in [2.75, 3.05) is 6.61 Å². The van der Waals surface area contributed by atoms with E-state index < -0.39 is 17.2 Å². The van der Waals surface area contributed by atoms with Gasteiger partial charge in [0.2, 0.25) is 0 Å². The molecule has 0 unspecified atom stereocenters. The third kappa shape index (κ3) is 2.95. The topological polar surface area (TPSA) is 96.1 Å². The Morgan fingerprint density at radius 1 is 1.30 bits per heavy atom. The molecule has 0 saturated carbocycles. The van der Waals surface area contributed by atoms with E-state index in [2.05, 4.69) is 16.5 Å². The Labute approximate surface area is 154 Å². The number of carbonyl (C=O) groups is 1. The summed E-state index contributed by atoms with van der Waals surface area (Å²) in [4.78, 5) is 46.4. The maximum absolute atomic E-state index is 12.9. The number of pyridine rings is 2. The van der Waals surface area contributed by atoms with Crippen molar-refractivity contribution in [3.63, 3.8) is 0 Å². The molecule has 0 aromatic carbocycles. The average molecular weight is 366 g/mol. The molecule has 8 nitrogen and oxygen atoms in total. The van der Waals surface area contributed by atoms with Gasteiger partial charge in [-0.05, 0) is 13.0 Å². The van der Waals surface area contributed by atoms with Crippen LogP contribution in [0.1, 0.15) is 16.1 Å². The Bertz CT molecular complexity index is 1180. The van der Waals surface area contributed by atoms with Gasteiger partial charge in [0.15, 0.2) is 0 Å². The van der Waals surface area contributed by atoms with Gasteiger partial charge >= 0.3 is 11.7 Å². The molecule has 0 radical (unpaired) electrons. The van der Waals surface area contributed by atoms with Gasteiger partial charge in [-0.3, -0.25) is 18.9 Å². The Hall–Kier alpha value is -3.55. The quantitative estimate of drug-likeness (QED) is 0.511. The number of aromatic nitrogens is 4. The minimum atomic E-state index is -0.628. The van der Waals surface area contributed by atoms with Gasteiger partial charge in [0.1, 0.15) is 12.3 Å². The number of aryl methyl sites for hydroxylation is 2. The van der Waals surface area contributed by atoms with Crippen LogP contribution in [0.2, 0.25) is 0 Å². The molecule has 3 heterocycles. The van der Waals surface area contributed by atoms with Crippen molar-refractivity contribution in [3.05, 3.63) is 69.3 Å². The highest BCUT2D eigenvalue weighted by Gasteiger charge is 2.25. The summed E-state index contributed by atoms with van der Waals surface area (Å²) in [5, 5.41) is 0.156. The van der Waals surface area contributed by atoms with Crippen molar-refractivity contribution in [2.24, 2.45) is 14.1 Å². The van der Waals surface area contributed by atoms with Crippen molar-refractivity contribution >= 4 is 17.0 Å². The van der Waals surface area contributed by atoms with Crippen molar-refractivity contribution in [1.82, 2.24) is 19.1 Å². The molecule has 27 heavy (non-hydrogen) atoms. The molecule has 0 aliphatic heterocycles. The first-order valence-electron chi connectivity index (χ1n) is 8.17. The van der Waals surface area contributed by atoms with Crippen LogP contribution in [-0.2, 0) is 18.8 Å². The molecule has 3 rings (SSSR count).